The van der Waals surface area contributed by atoms with Crippen molar-refractivity contribution in [3.63, 3.8) is 0 Å². The number of guanidine groups is 1. The number of hydrogen-bond donors (Lipinski definition) is 3. The van der Waals surface area contributed by atoms with Crippen LogP contribution in [0.4, 0.5) is 0 Å². The maximum atomic E-state index is 6.11. The highest BCUT2D eigenvalue weighted by Crippen LogP contribution is 2.32. The molecule has 1 aliphatic carbocycles. The van der Waals surface area contributed by atoms with Crippen molar-refractivity contribution in [3.8, 4) is 0 Å². The lowest BCUT2D eigenvalue weighted by molar-refractivity contribution is 0.307. The minimum absolute atomic E-state index is 0.0442. The molecule has 0 bridgehead atoms. The van der Waals surface area contributed by atoms with Gasteiger partial charge in [-0.3, -0.25) is 9.98 Å². The van der Waals surface area contributed by atoms with Crippen molar-refractivity contribution in [1.29, 1.82) is 0 Å². The Hall–Kier alpha value is -2.40. The molecule has 3 rings (SSSR count). The third kappa shape index (κ3) is 5.79. The molecule has 1 unspecified atom stereocenters. The Labute approximate surface area is 162 Å². The van der Waals surface area contributed by atoms with Crippen molar-refractivity contribution >= 4 is 5.96 Å². The van der Waals surface area contributed by atoms with E-state index in [0.717, 1.165) is 31.5 Å². The maximum absolute atomic E-state index is 6.11. The molecule has 0 spiro atoms. The lowest BCUT2D eigenvalue weighted by Gasteiger charge is -2.33. The molecule has 27 heavy (non-hydrogen) atoms. The summed E-state index contributed by atoms with van der Waals surface area (Å²) in [5.74, 6) is 0.520. The fourth-order valence-electron chi connectivity index (χ4n) is 3.84. The highest BCUT2D eigenvalue weighted by Gasteiger charge is 2.34. The predicted molar refractivity (Wildman–Crippen MR) is 112 cm³/mol. The van der Waals surface area contributed by atoms with Crippen LogP contribution in [0.5, 0.6) is 0 Å². The van der Waals surface area contributed by atoms with E-state index in [1.165, 1.54) is 18.4 Å². The number of benzene rings is 1. The van der Waals surface area contributed by atoms with Crippen LogP contribution in [0, 0.1) is 0 Å². The molecular weight excluding hydrogens is 334 g/mol. The number of aromatic nitrogens is 1. The zero-order valence-corrected chi connectivity index (χ0v) is 16.2. The van der Waals surface area contributed by atoms with Crippen LogP contribution in [0.3, 0.4) is 0 Å². The van der Waals surface area contributed by atoms with Gasteiger partial charge < -0.3 is 16.4 Å². The minimum Gasteiger partial charge on any atom is -0.370 e. The van der Waals surface area contributed by atoms with Crippen molar-refractivity contribution in [2.24, 2.45) is 10.7 Å². The molecule has 0 aliphatic heterocycles. The molecule has 4 N–H and O–H groups in total. The van der Waals surface area contributed by atoms with Gasteiger partial charge in [-0.15, -0.1) is 0 Å². The van der Waals surface area contributed by atoms with E-state index < -0.39 is 0 Å². The van der Waals surface area contributed by atoms with Crippen molar-refractivity contribution in [1.82, 2.24) is 15.6 Å². The third-order valence-corrected chi connectivity index (χ3v) is 5.35. The fraction of sp³-hybridized carbons (Fsp3) is 0.455. The molecule has 1 aromatic heterocycles. The molecule has 1 aliphatic rings. The number of nitrogens with one attached hydrogen (secondary N) is 2. The van der Waals surface area contributed by atoms with Crippen LogP contribution in [0.15, 0.2) is 59.7 Å². The fourth-order valence-corrected chi connectivity index (χ4v) is 3.84. The van der Waals surface area contributed by atoms with E-state index in [1.807, 2.05) is 24.4 Å². The zero-order valence-electron chi connectivity index (χ0n) is 16.2. The second-order valence-corrected chi connectivity index (χ2v) is 7.46. The second kappa shape index (κ2) is 9.51. The topological polar surface area (TPSA) is 75.3 Å². The molecule has 5 nitrogen and oxygen atoms in total. The van der Waals surface area contributed by atoms with Crippen LogP contribution < -0.4 is 16.4 Å². The van der Waals surface area contributed by atoms with Gasteiger partial charge in [-0.1, -0.05) is 49.2 Å². The SMILES string of the molecule is CC(NC1(CN=C(N)NCCc2ccccn2)CCCC1)c1ccccc1. The molecule has 1 aromatic carbocycles. The van der Waals surface area contributed by atoms with E-state index in [-0.39, 0.29) is 5.54 Å². The second-order valence-electron chi connectivity index (χ2n) is 7.46. The largest absolute Gasteiger partial charge is 0.370 e. The molecule has 1 heterocycles. The van der Waals surface area contributed by atoms with Crippen LogP contribution in [-0.4, -0.2) is 29.6 Å². The van der Waals surface area contributed by atoms with E-state index in [0.29, 0.717) is 18.5 Å². The van der Waals surface area contributed by atoms with Gasteiger partial charge in [0.2, 0.25) is 0 Å². The van der Waals surface area contributed by atoms with Crippen LogP contribution >= 0.6 is 0 Å². The van der Waals surface area contributed by atoms with Gasteiger partial charge in [0.1, 0.15) is 0 Å². The normalized spacial score (nSPS) is 17.6. The first-order chi connectivity index (χ1) is 13.2. The number of nitrogens with zero attached hydrogens (tertiary/aromatic N) is 2. The molecule has 0 radical (unpaired) electrons. The quantitative estimate of drug-likeness (QED) is 0.496. The smallest absolute Gasteiger partial charge is 0.188 e. The standard InChI is InChI=1S/C22H31N5/c1-18(19-9-3-2-4-10-19)27-22(13-6-7-14-22)17-26-21(23)25-16-12-20-11-5-8-15-24-20/h2-5,8-11,15,18,27H,6-7,12-14,16-17H2,1H3,(H3,23,25,26). The van der Waals surface area contributed by atoms with Crippen molar-refractivity contribution in [2.45, 2.75) is 50.6 Å². The van der Waals surface area contributed by atoms with Crippen molar-refractivity contribution in [3.05, 3.63) is 66.0 Å². The summed E-state index contributed by atoms with van der Waals surface area (Å²) in [5.41, 5.74) is 8.52. The number of nitrogens with two attached hydrogens (primary N) is 1. The molecule has 1 saturated carbocycles. The first-order valence-corrected chi connectivity index (χ1v) is 9.93. The lowest BCUT2D eigenvalue weighted by Crippen LogP contribution is -2.47. The average molecular weight is 366 g/mol. The summed E-state index contributed by atoms with van der Waals surface area (Å²) >= 11 is 0. The number of aliphatic imine (C=N–C) groups is 1. The molecule has 0 saturated heterocycles. The summed E-state index contributed by atoms with van der Waals surface area (Å²) in [6.07, 6.45) is 7.44. The van der Waals surface area contributed by atoms with E-state index in [2.05, 4.69) is 57.9 Å². The molecule has 2 aromatic rings. The lowest BCUT2D eigenvalue weighted by atomic mass is 9.95. The number of pyridine rings is 1. The van der Waals surface area contributed by atoms with E-state index in [9.17, 15) is 0 Å². The van der Waals surface area contributed by atoms with Gasteiger partial charge in [0.25, 0.3) is 0 Å². The van der Waals surface area contributed by atoms with E-state index >= 15 is 0 Å². The van der Waals surface area contributed by atoms with Gasteiger partial charge in [-0.2, -0.15) is 0 Å². The van der Waals surface area contributed by atoms with Gasteiger partial charge in [0.05, 0.1) is 6.54 Å². The van der Waals surface area contributed by atoms with Crippen LogP contribution in [0.25, 0.3) is 0 Å². The summed E-state index contributed by atoms with van der Waals surface area (Å²) in [6, 6.07) is 16.9. The summed E-state index contributed by atoms with van der Waals surface area (Å²) < 4.78 is 0. The third-order valence-electron chi connectivity index (χ3n) is 5.35. The summed E-state index contributed by atoms with van der Waals surface area (Å²) in [7, 11) is 0. The highest BCUT2D eigenvalue weighted by molar-refractivity contribution is 5.77. The minimum atomic E-state index is 0.0442. The highest BCUT2D eigenvalue weighted by atomic mass is 15.1. The predicted octanol–water partition coefficient (Wildman–Crippen LogP) is 3.19. The first-order valence-electron chi connectivity index (χ1n) is 9.93. The van der Waals surface area contributed by atoms with Gasteiger partial charge >= 0.3 is 0 Å². The summed E-state index contributed by atoms with van der Waals surface area (Å²) in [4.78, 5) is 8.98. The molecule has 1 fully saturated rings. The first kappa shape index (κ1) is 19.4. The van der Waals surface area contributed by atoms with Gasteiger partial charge in [0, 0.05) is 36.4 Å². The van der Waals surface area contributed by atoms with Gasteiger partial charge in [-0.05, 0) is 37.5 Å². The van der Waals surface area contributed by atoms with Crippen molar-refractivity contribution < 1.29 is 0 Å². The maximum Gasteiger partial charge on any atom is 0.188 e. The number of hydrogen-bond acceptors (Lipinski definition) is 3. The monoisotopic (exact) mass is 365 g/mol. The molecule has 5 heteroatoms. The van der Waals surface area contributed by atoms with Crippen LogP contribution in [0.1, 0.15) is 49.9 Å². The van der Waals surface area contributed by atoms with E-state index in [4.69, 9.17) is 5.73 Å². The summed E-state index contributed by atoms with van der Waals surface area (Å²) in [6.45, 7) is 3.69. The van der Waals surface area contributed by atoms with Crippen molar-refractivity contribution in [2.75, 3.05) is 13.1 Å². The Morgan fingerprint density at radius 1 is 1.15 bits per heavy atom. The van der Waals surface area contributed by atoms with Crippen LogP contribution in [0.2, 0.25) is 0 Å². The van der Waals surface area contributed by atoms with Gasteiger partial charge in [-0.25, -0.2) is 0 Å². The molecular formula is C22H31N5. The molecule has 1 atom stereocenters. The molecule has 144 valence electrons. The number of rotatable bonds is 8. The Morgan fingerprint density at radius 3 is 2.59 bits per heavy atom. The van der Waals surface area contributed by atoms with Gasteiger partial charge in [0.15, 0.2) is 5.96 Å². The average Bonchev–Trinajstić information content (AvgIpc) is 3.17. The Kier molecular flexibility index (Phi) is 6.82. The Balaban J connectivity index is 1.53. The van der Waals surface area contributed by atoms with Crippen LogP contribution in [-0.2, 0) is 6.42 Å². The molecule has 0 amide bonds. The summed E-state index contributed by atoms with van der Waals surface area (Å²) in [5, 5.41) is 7.06. The Bertz CT molecular complexity index is 708. The zero-order chi connectivity index (χ0) is 19.0. The Morgan fingerprint density at radius 2 is 1.89 bits per heavy atom. The van der Waals surface area contributed by atoms with E-state index in [1.54, 1.807) is 0 Å².